The van der Waals surface area contributed by atoms with Crippen molar-refractivity contribution in [2.75, 3.05) is 23.4 Å². The van der Waals surface area contributed by atoms with E-state index in [1.165, 1.54) is 11.3 Å². The molecule has 1 aromatic carbocycles. The summed E-state index contributed by atoms with van der Waals surface area (Å²) in [5, 5.41) is 9.14. The van der Waals surface area contributed by atoms with E-state index >= 15 is 0 Å². The van der Waals surface area contributed by atoms with Crippen LogP contribution < -0.4 is 5.32 Å². The van der Waals surface area contributed by atoms with E-state index in [-0.39, 0.29) is 17.5 Å². The van der Waals surface area contributed by atoms with Gasteiger partial charge in [-0.15, -0.1) is 5.10 Å². The van der Waals surface area contributed by atoms with Crippen LogP contribution in [0.25, 0.3) is 0 Å². The van der Waals surface area contributed by atoms with Gasteiger partial charge in [-0.25, -0.2) is 13.1 Å². The van der Waals surface area contributed by atoms with E-state index in [0.717, 1.165) is 17.8 Å². The van der Waals surface area contributed by atoms with Gasteiger partial charge in [0.15, 0.2) is 13.8 Å². The van der Waals surface area contributed by atoms with Crippen molar-refractivity contribution < 1.29 is 8.42 Å². The van der Waals surface area contributed by atoms with Crippen molar-refractivity contribution in [2.45, 2.75) is 33.0 Å². The highest BCUT2D eigenvalue weighted by Crippen LogP contribution is 2.25. The summed E-state index contributed by atoms with van der Waals surface area (Å²) in [4.78, 5) is 2.12. The fourth-order valence-electron chi connectivity index (χ4n) is 2.95. The van der Waals surface area contributed by atoms with Crippen LogP contribution in [0.1, 0.15) is 18.9 Å². The van der Waals surface area contributed by atoms with E-state index in [1.54, 1.807) is 4.68 Å². The maximum absolute atomic E-state index is 11.8. The quantitative estimate of drug-likeness (QED) is 0.699. The van der Waals surface area contributed by atoms with E-state index in [1.807, 2.05) is 32.0 Å². The first-order chi connectivity index (χ1) is 12.3. The lowest BCUT2D eigenvalue weighted by atomic mass is 10.2. The molecule has 10 heteroatoms. The molecule has 1 fully saturated rings. The standard InChI is InChI=1S/C16H21ClN4O2S3/c1-3-20(13-6-7-26(22,23)9-13)10-21-16(24)25-15(19-21)18-12-5-4-11(2)14(17)8-12/h4-5,8,13H,3,6-7,9-10H2,1-2H3,(H,18,19)/t13-/m0/s1. The van der Waals surface area contributed by atoms with E-state index in [4.69, 9.17) is 23.8 Å². The molecular weight excluding hydrogens is 412 g/mol. The Morgan fingerprint density at radius 2 is 2.27 bits per heavy atom. The Bertz CT molecular complexity index is 955. The average molecular weight is 433 g/mol. The first-order valence-electron chi connectivity index (χ1n) is 8.33. The van der Waals surface area contributed by atoms with Crippen LogP contribution in [0.15, 0.2) is 18.2 Å². The van der Waals surface area contributed by atoms with Gasteiger partial charge < -0.3 is 5.32 Å². The largest absolute Gasteiger partial charge is 0.330 e. The Hall–Kier alpha value is -1.00. The first kappa shape index (κ1) is 19.8. The highest BCUT2D eigenvalue weighted by Gasteiger charge is 2.31. The SMILES string of the molecule is CCN(Cn1nc(Nc2ccc(C)c(Cl)c2)sc1=S)[C@H]1CCS(=O)(=O)C1. The Morgan fingerprint density at radius 3 is 2.88 bits per heavy atom. The van der Waals surface area contributed by atoms with Crippen molar-refractivity contribution in [1.29, 1.82) is 0 Å². The van der Waals surface area contributed by atoms with Crippen LogP contribution >= 0.6 is 35.2 Å². The Kier molecular flexibility index (Phi) is 6.03. The number of aryl methyl sites for hydroxylation is 1. The summed E-state index contributed by atoms with van der Waals surface area (Å²) in [7, 11) is -2.92. The predicted octanol–water partition coefficient (Wildman–Crippen LogP) is 3.85. The van der Waals surface area contributed by atoms with Crippen molar-refractivity contribution in [2.24, 2.45) is 0 Å². The van der Waals surface area contributed by atoms with E-state index in [2.05, 4.69) is 15.3 Å². The van der Waals surface area contributed by atoms with Crippen LogP contribution in [-0.2, 0) is 16.5 Å². The number of nitrogens with zero attached hydrogens (tertiary/aromatic N) is 3. The summed E-state index contributed by atoms with van der Waals surface area (Å²) in [6, 6.07) is 5.77. The minimum atomic E-state index is -2.92. The van der Waals surface area contributed by atoms with Gasteiger partial charge in [-0.1, -0.05) is 35.9 Å². The zero-order valence-corrected chi connectivity index (χ0v) is 17.8. The smallest absolute Gasteiger partial charge is 0.209 e. The van der Waals surface area contributed by atoms with Gasteiger partial charge in [-0.3, -0.25) is 4.90 Å². The molecule has 0 aliphatic carbocycles. The van der Waals surface area contributed by atoms with Gasteiger partial charge in [0.05, 0.1) is 18.2 Å². The molecule has 26 heavy (non-hydrogen) atoms. The van der Waals surface area contributed by atoms with Crippen LogP contribution in [-0.4, -0.2) is 47.2 Å². The molecule has 0 bridgehead atoms. The maximum Gasteiger partial charge on any atom is 0.209 e. The third-order valence-corrected chi connectivity index (χ3v) is 7.86. The lowest BCUT2D eigenvalue weighted by molar-refractivity contribution is 0.165. The Labute approximate surface area is 167 Å². The van der Waals surface area contributed by atoms with Gasteiger partial charge in [0, 0.05) is 16.8 Å². The number of nitrogens with one attached hydrogen (secondary N) is 1. The second-order valence-corrected chi connectivity index (χ2v) is 10.6. The number of halogens is 1. The summed E-state index contributed by atoms with van der Waals surface area (Å²) < 4.78 is 25.9. The van der Waals surface area contributed by atoms with Gasteiger partial charge in [0.25, 0.3) is 0 Å². The third-order valence-electron chi connectivity index (χ3n) is 4.48. The molecular formula is C16H21ClN4O2S3. The summed E-state index contributed by atoms with van der Waals surface area (Å²) in [6.07, 6.45) is 0.667. The lowest BCUT2D eigenvalue weighted by Crippen LogP contribution is -2.37. The molecule has 1 N–H and O–H groups in total. The van der Waals surface area contributed by atoms with Gasteiger partial charge >= 0.3 is 0 Å². The average Bonchev–Trinajstić information content (AvgIpc) is 3.10. The molecule has 0 radical (unpaired) electrons. The minimum absolute atomic E-state index is 0.0286. The molecule has 1 aliphatic rings. The molecule has 2 aromatic rings. The van der Waals surface area contributed by atoms with Crippen LogP contribution in [0.2, 0.25) is 5.02 Å². The summed E-state index contributed by atoms with van der Waals surface area (Å²) in [5.41, 5.74) is 1.87. The molecule has 2 heterocycles. The van der Waals surface area contributed by atoms with E-state index in [9.17, 15) is 8.42 Å². The minimum Gasteiger partial charge on any atom is -0.330 e. The molecule has 3 rings (SSSR count). The Morgan fingerprint density at radius 1 is 1.50 bits per heavy atom. The number of anilines is 2. The van der Waals surface area contributed by atoms with Crippen LogP contribution in [0.5, 0.6) is 0 Å². The van der Waals surface area contributed by atoms with Crippen LogP contribution in [0, 0.1) is 10.9 Å². The van der Waals surface area contributed by atoms with Gasteiger partial charge in [0.2, 0.25) is 5.13 Å². The topological polar surface area (TPSA) is 67.2 Å². The van der Waals surface area contributed by atoms with Crippen LogP contribution in [0.4, 0.5) is 10.8 Å². The number of hydrogen-bond donors (Lipinski definition) is 1. The maximum atomic E-state index is 11.8. The molecule has 1 aromatic heterocycles. The van der Waals surface area contributed by atoms with Crippen molar-refractivity contribution in [3.05, 3.63) is 32.7 Å². The van der Waals surface area contributed by atoms with Crippen molar-refractivity contribution >= 4 is 55.8 Å². The molecule has 0 spiro atoms. The highest BCUT2D eigenvalue weighted by molar-refractivity contribution is 7.91. The second-order valence-electron chi connectivity index (χ2n) is 6.36. The number of aromatic nitrogens is 2. The Balaban J connectivity index is 1.73. The fraction of sp³-hybridized carbons (Fsp3) is 0.500. The van der Waals surface area contributed by atoms with Gasteiger partial charge in [0.1, 0.15) is 0 Å². The van der Waals surface area contributed by atoms with Crippen molar-refractivity contribution in [1.82, 2.24) is 14.7 Å². The van der Waals surface area contributed by atoms with Crippen molar-refractivity contribution in [3.8, 4) is 0 Å². The molecule has 1 atom stereocenters. The second kappa shape index (κ2) is 7.93. The third kappa shape index (κ3) is 4.64. The number of sulfone groups is 1. The molecule has 142 valence electrons. The van der Waals surface area contributed by atoms with Crippen molar-refractivity contribution in [3.63, 3.8) is 0 Å². The zero-order valence-electron chi connectivity index (χ0n) is 14.6. The number of benzene rings is 1. The molecule has 0 saturated carbocycles. The van der Waals surface area contributed by atoms with Crippen LogP contribution in [0.3, 0.4) is 0 Å². The molecule has 0 unspecified atom stereocenters. The normalized spacial score (nSPS) is 19.2. The summed E-state index contributed by atoms with van der Waals surface area (Å²) >= 11 is 13.0. The lowest BCUT2D eigenvalue weighted by Gasteiger charge is -2.25. The molecule has 6 nitrogen and oxygen atoms in total. The molecule has 1 aliphatic heterocycles. The van der Waals surface area contributed by atoms with Gasteiger partial charge in [-0.05, 0) is 49.8 Å². The van der Waals surface area contributed by atoms with E-state index in [0.29, 0.717) is 27.2 Å². The van der Waals surface area contributed by atoms with Gasteiger partial charge in [-0.2, -0.15) is 0 Å². The highest BCUT2D eigenvalue weighted by atomic mass is 35.5. The molecule has 0 amide bonds. The zero-order chi connectivity index (χ0) is 18.9. The number of hydrogen-bond acceptors (Lipinski definition) is 7. The summed E-state index contributed by atoms with van der Waals surface area (Å²) in [6.45, 7) is 5.21. The fourth-order valence-corrected chi connectivity index (χ4v) is 5.90. The summed E-state index contributed by atoms with van der Waals surface area (Å²) in [5.74, 6) is 0.475. The molecule has 1 saturated heterocycles. The predicted molar refractivity (Wildman–Crippen MR) is 110 cm³/mol. The first-order valence-corrected chi connectivity index (χ1v) is 11.8. The number of rotatable bonds is 6. The van der Waals surface area contributed by atoms with E-state index < -0.39 is 9.84 Å². The monoisotopic (exact) mass is 432 g/mol.